The smallest absolute Gasteiger partial charge is 0.191 e. The topological polar surface area (TPSA) is 66.7 Å². The number of aromatic nitrogens is 2. The van der Waals surface area contributed by atoms with Crippen LogP contribution in [-0.4, -0.2) is 66.6 Å². The van der Waals surface area contributed by atoms with E-state index in [0.717, 1.165) is 64.0 Å². The number of ether oxygens (including phenoxy) is 1. The minimum Gasteiger partial charge on any atom is -0.379 e. The van der Waals surface area contributed by atoms with Gasteiger partial charge in [-0.05, 0) is 43.7 Å². The van der Waals surface area contributed by atoms with Crippen LogP contribution in [0.5, 0.6) is 0 Å². The van der Waals surface area contributed by atoms with Crippen molar-refractivity contribution in [2.75, 3.05) is 45.9 Å². The van der Waals surface area contributed by atoms with Gasteiger partial charge in [0.15, 0.2) is 5.96 Å². The number of guanidine groups is 1. The van der Waals surface area contributed by atoms with Crippen molar-refractivity contribution < 1.29 is 4.74 Å². The highest BCUT2D eigenvalue weighted by Gasteiger charge is 2.09. The fourth-order valence-electron chi connectivity index (χ4n) is 3.02. The zero-order chi connectivity index (χ0) is 18.7. The van der Waals surface area contributed by atoms with Gasteiger partial charge in [-0.2, -0.15) is 5.10 Å². The van der Waals surface area contributed by atoms with Crippen molar-refractivity contribution in [3.05, 3.63) is 48.3 Å². The highest BCUT2D eigenvalue weighted by Crippen LogP contribution is 2.09. The first-order chi connectivity index (χ1) is 13.3. The van der Waals surface area contributed by atoms with Crippen LogP contribution in [0, 0.1) is 0 Å². The minimum atomic E-state index is 0. The first-order valence-electron chi connectivity index (χ1n) is 9.76. The number of nitrogens with one attached hydrogen (secondary N) is 2. The predicted octanol–water partition coefficient (Wildman–Crippen LogP) is 2.27. The summed E-state index contributed by atoms with van der Waals surface area (Å²) in [5.74, 6) is 0.871. The molecule has 8 heteroatoms. The number of morpholine rings is 1. The van der Waals surface area contributed by atoms with E-state index in [2.05, 4.69) is 51.8 Å². The maximum atomic E-state index is 5.39. The molecule has 1 fully saturated rings. The second-order valence-corrected chi connectivity index (χ2v) is 6.55. The fourth-order valence-corrected chi connectivity index (χ4v) is 3.02. The quantitative estimate of drug-likeness (QED) is 0.253. The number of hydrogen-bond acceptors (Lipinski definition) is 4. The van der Waals surface area contributed by atoms with E-state index >= 15 is 0 Å². The van der Waals surface area contributed by atoms with E-state index in [0.29, 0.717) is 6.54 Å². The Morgan fingerprint density at radius 3 is 2.64 bits per heavy atom. The summed E-state index contributed by atoms with van der Waals surface area (Å²) in [5, 5.41) is 11.0. The first-order valence-corrected chi connectivity index (χ1v) is 9.76. The molecule has 0 spiro atoms. The van der Waals surface area contributed by atoms with Crippen LogP contribution in [0.1, 0.15) is 18.9 Å². The Kier molecular flexibility index (Phi) is 10.3. The maximum Gasteiger partial charge on any atom is 0.191 e. The average Bonchev–Trinajstić information content (AvgIpc) is 3.25. The molecule has 154 valence electrons. The van der Waals surface area contributed by atoms with Crippen molar-refractivity contribution in [3.63, 3.8) is 0 Å². The summed E-state index contributed by atoms with van der Waals surface area (Å²) in [4.78, 5) is 7.15. The normalized spacial score (nSPS) is 15.1. The number of benzene rings is 1. The van der Waals surface area contributed by atoms with Crippen LogP contribution in [0.3, 0.4) is 0 Å². The van der Waals surface area contributed by atoms with Gasteiger partial charge in [0.05, 0.1) is 25.4 Å². The molecule has 2 aromatic rings. The highest BCUT2D eigenvalue weighted by molar-refractivity contribution is 14.0. The average molecular weight is 498 g/mol. The molecule has 1 aromatic carbocycles. The van der Waals surface area contributed by atoms with E-state index < -0.39 is 0 Å². The second kappa shape index (κ2) is 12.7. The molecule has 28 heavy (non-hydrogen) atoms. The van der Waals surface area contributed by atoms with Gasteiger partial charge in [0.1, 0.15) is 0 Å². The number of aliphatic imine (C=N–C) groups is 1. The molecule has 0 unspecified atom stereocenters. The molecular formula is C20H31IN6O. The molecule has 2 heterocycles. The molecule has 0 radical (unpaired) electrons. The van der Waals surface area contributed by atoms with Crippen molar-refractivity contribution in [1.82, 2.24) is 25.3 Å². The van der Waals surface area contributed by atoms with Crippen molar-refractivity contribution in [1.29, 1.82) is 0 Å². The zero-order valence-electron chi connectivity index (χ0n) is 16.5. The van der Waals surface area contributed by atoms with Gasteiger partial charge in [-0.25, -0.2) is 9.67 Å². The second-order valence-electron chi connectivity index (χ2n) is 6.55. The maximum absolute atomic E-state index is 5.39. The summed E-state index contributed by atoms with van der Waals surface area (Å²) in [6.07, 6.45) is 4.83. The van der Waals surface area contributed by atoms with Gasteiger partial charge in [0.2, 0.25) is 0 Å². The van der Waals surface area contributed by atoms with Crippen LogP contribution in [0.4, 0.5) is 0 Å². The summed E-state index contributed by atoms with van der Waals surface area (Å²) >= 11 is 0. The summed E-state index contributed by atoms with van der Waals surface area (Å²) in [5.41, 5.74) is 2.23. The van der Waals surface area contributed by atoms with E-state index in [1.165, 1.54) is 5.56 Å². The molecule has 1 saturated heterocycles. The SMILES string of the molecule is CCNC(=NCc1ccc(-n2cccn2)cc1)NCCCN1CCOCC1.I. The largest absolute Gasteiger partial charge is 0.379 e. The molecule has 7 nitrogen and oxygen atoms in total. The van der Waals surface area contributed by atoms with Crippen LogP contribution >= 0.6 is 24.0 Å². The van der Waals surface area contributed by atoms with Gasteiger partial charge in [-0.15, -0.1) is 24.0 Å². The zero-order valence-corrected chi connectivity index (χ0v) is 18.8. The molecule has 0 saturated carbocycles. The van der Waals surface area contributed by atoms with Crippen LogP contribution in [-0.2, 0) is 11.3 Å². The van der Waals surface area contributed by atoms with Gasteiger partial charge in [-0.3, -0.25) is 4.90 Å². The Hall–Kier alpha value is -1.65. The third-order valence-corrected chi connectivity index (χ3v) is 4.52. The summed E-state index contributed by atoms with van der Waals surface area (Å²) < 4.78 is 7.24. The molecule has 1 aromatic heterocycles. The van der Waals surface area contributed by atoms with E-state index in [-0.39, 0.29) is 24.0 Å². The summed E-state index contributed by atoms with van der Waals surface area (Å²) in [6, 6.07) is 10.3. The molecule has 0 bridgehead atoms. The van der Waals surface area contributed by atoms with E-state index in [4.69, 9.17) is 9.73 Å². The van der Waals surface area contributed by atoms with E-state index in [1.54, 1.807) is 6.20 Å². The Morgan fingerprint density at radius 2 is 1.96 bits per heavy atom. The van der Waals surface area contributed by atoms with Crippen molar-refractivity contribution in [3.8, 4) is 5.69 Å². The monoisotopic (exact) mass is 498 g/mol. The van der Waals surface area contributed by atoms with Crippen LogP contribution in [0.25, 0.3) is 5.69 Å². The van der Waals surface area contributed by atoms with Crippen LogP contribution < -0.4 is 10.6 Å². The van der Waals surface area contributed by atoms with Crippen molar-refractivity contribution >= 4 is 29.9 Å². The van der Waals surface area contributed by atoms with Gasteiger partial charge in [0, 0.05) is 38.6 Å². The lowest BCUT2D eigenvalue weighted by Crippen LogP contribution is -2.40. The summed E-state index contributed by atoms with van der Waals surface area (Å²) in [7, 11) is 0. The number of rotatable bonds is 8. The van der Waals surface area contributed by atoms with Crippen LogP contribution in [0.15, 0.2) is 47.7 Å². The molecule has 0 atom stereocenters. The Bertz CT molecular complexity index is 683. The molecule has 0 amide bonds. The molecule has 1 aliphatic heterocycles. The highest BCUT2D eigenvalue weighted by atomic mass is 127. The third kappa shape index (κ3) is 7.40. The predicted molar refractivity (Wildman–Crippen MR) is 124 cm³/mol. The standard InChI is InChI=1S/C20H30N6O.HI/c1-2-21-20(22-9-3-11-25-13-15-27-16-14-25)23-17-18-5-7-19(8-6-18)26-12-4-10-24-26;/h4-8,10,12H,2-3,9,11,13-17H2,1H3,(H2,21,22,23);1H. The lowest BCUT2D eigenvalue weighted by Gasteiger charge is -2.26. The Labute approximate surface area is 184 Å². The van der Waals surface area contributed by atoms with E-state index in [1.807, 2.05) is 16.9 Å². The van der Waals surface area contributed by atoms with Gasteiger partial charge >= 0.3 is 0 Å². The van der Waals surface area contributed by atoms with Crippen molar-refractivity contribution in [2.45, 2.75) is 19.9 Å². The number of hydrogen-bond donors (Lipinski definition) is 2. The minimum absolute atomic E-state index is 0. The molecule has 2 N–H and O–H groups in total. The van der Waals surface area contributed by atoms with Gasteiger partial charge < -0.3 is 15.4 Å². The van der Waals surface area contributed by atoms with Gasteiger partial charge in [0.25, 0.3) is 0 Å². The first kappa shape index (κ1) is 22.6. The molecular weight excluding hydrogens is 467 g/mol. The Balaban J connectivity index is 0.00000280. The van der Waals surface area contributed by atoms with Gasteiger partial charge in [-0.1, -0.05) is 12.1 Å². The number of nitrogens with zero attached hydrogens (tertiary/aromatic N) is 4. The lowest BCUT2D eigenvalue weighted by atomic mass is 10.2. The number of halogens is 1. The molecule has 1 aliphatic rings. The van der Waals surface area contributed by atoms with Crippen molar-refractivity contribution in [2.24, 2.45) is 4.99 Å². The van der Waals surface area contributed by atoms with E-state index in [9.17, 15) is 0 Å². The summed E-state index contributed by atoms with van der Waals surface area (Å²) in [6.45, 7) is 9.42. The fraction of sp³-hybridized carbons (Fsp3) is 0.500. The molecule has 0 aliphatic carbocycles. The molecule has 3 rings (SSSR count). The van der Waals surface area contributed by atoms with Crippen LogP contribution in [0.2, 0.25) is 0 Å². The Morgan fingerprint density at radius 1 is 1.18 bits per heavy atom. The lowest BCUT2D eigenvalue weighted by molar-refractivity contribution is 0.0376. The third-order valence-electron chi connectivity index (χ3n) is 4.52.